The van der Waals surface area contributed by atoms with Crippen molar-refractivity contribution in [2.24, 2.45) is 0 Å². The summed E-state index contributed by atoms with van der Waals surface area (Å²) in [7, 11) is -3.36. The molecule has 0 radical (unpaired) electrons. The van der Waals surface area contributed by atoms with Gasteiger partial charge in [-0.15, -0.1) is 0 Å². The Morgan fingerprint density at radius 3 is 2.12 bits per heavy atom. The molecule has 0 unspecified atom stereocenters. The Hall–Kier alpha value is -2.61. The third kappa shape index (κ3) is 3.58. The number of hydrogen-bond acceptors (Lipinski definition) is 3. The highest BCUT2D eigenvalue weighted by Gasteiger charge is 2.18. The molecule has 0 amide bonds. The van der Waals surface area contributed by atoms with Crippen LogP contribution in [0.1, 0.15) is 12.1 Å². The summed E-state index contributed by atoms with van der Waals surface area (Å²) in [5, 5.41) is 3.88. The fourth-order valence-corrected chi connectivity index (χ4v) is 2.99. The molecule has 0 aliphatic heterocycles. The molecule has 0 bridgehead atoms. The summed E-state index contributed by atoms with van der Waals surface area (Å²) in [5.74, 6) is -0.455. The van der Waals surface area contributed by atoms with E-state index in [1.807, 2.05) is 0 Å². The number of hydrogen-bond donors (Lipinski definition) is 0. The second-order valence-corrected chi connectivity index (χ2v) is 7.46. The zero-order valence-corrected chi connectivity index (χ0v) is 13.8. The molecule has 0 fully saturated rings. The maximum Gasteiger partial charge on any atom is 0.282 e. The largest absolute Gasteiger partial charge is 0.282 e. The van der Waals surface area contributed by atoms with Gasteiger partial charge in [-0.25, -0.2) is 26.3 Å². The number of alkyl halides is 2. The molecule has 0 saturated carbocycles. The molecule has 25 heavy (non-hydrogen) atoms. The summed E-state index contributed by atoms with van der Waals surface area (Å²) < 4.78 is 63.6. The smallest absolute Gasteiger partial charge is 0.233 e. The van der Waals surface area contributed by atoms with Crippen LogP contribution in [-0.4, -0.2) is 24.5 Å². The monoisotopic (exact) mass is 366 g/mol. The number of sulfone groups is 1. The van der Waals surface area contributed by atoms with Gasteiger partial charge in [0.15, 0.2) is 9.84 Å². The van der Waals surface area contributed by atoms with Gasteiger partial charge in [0.25, 0.3) is 6.43 Å². The number of aromatic nitrogens is 2. The average molecular weight is 366 g/mol. The van der Waals surface area contributed by atoms with Crippen molar-refractivity contribution in [1.29, 1.82) is 0 Å². The third-order valence-electron chi connectivity index (χ3n) is 3.60. The van der Waals surface area contributed by atoms with Gasteiger partial charge < -0.3 is 0 Å². The second-order valence-electron chi connectivity index (χ2n) is 5.44. The first-order valence-corrected chi connectivity index (χ1v) is 9.09. The molecule has 0 aliphatic carbocycles. The number of rotatable bonds is 4. The molecule has 3 aromatic rings. The van der Waals surface area contributed by atoms with E-state index in [4.69, 9.17) is 0 Å². The van der Waals surface area contributed by atoms with Crippen molar-refractivity contribution >= 4 is 9.84 Å². The fraction of sp³-hybridized carbons (Fsp3) is 0.118. The molecular weight excluding hydrogens is 353 g/mol. The third-order valence-corrected chi connectivity index (χ3v) is 4.73. The lowest BCUT2D eigenvalue weighted by atomic mass is 10.1. The zero-order chi connectivity index (χ0) is 18.2. The van der Waals surface area contributed by atoms with Crippen molar-refractivity contribution in [1.82, 2.24) is 9.78 Å². The van der Waals surface area contributed by atoms with E-state index >= 15 is 0 Å². The van der Waals surface area contributed by atoms with E-state index in [1.165, 1.54) is 59.3 Å². The normalized spacial score (nSPS) is 11.9. The van der Waals surface area contributed by atoms with Gasteiger partial charge in [-0.05, 0) is 42.5 Å². The maximum atomic E-state index is 13.1. The van der Waals surface area contributed by atoms with E-state index in [0.29, 0.717) is 16.9 Å². The maximum absolute atomic E-state index is 13.1. The van der Waals surface area contributed by atoms with E-state index in [0.717, 1.165) is 6.26 Å². The molecule has 8 heteroatoms. The van der Waals surface area contributed by atoms with Gasteiger partial charge in [0.1, 0.15) is 11.5 Å². The quantitative estimate of drug-likeness (QED) is 0.701. The molecule has 3 rings (SSSR count). The minimum atomic E-state index is -3.36. The summed E-state index contributed by atoms with van der Waals surface area (Å²) in [4.78, 5) is 0.123. The van der Waals surface area contributed by atoms with Crippen LogP contribution in [0.3, 0.4) is 0 Å². The molecule has 4 nitrogen and oxygen atoms in total. The van der Waals surface area contributed by atoms with E-state index < -0.39 is 27.8 Å². The molecule has 0 N–H and O–H groups in total. The van der Waals surface area contributed by atoms with Gasteiger partial charge >= 0.3 is 0 Å². The molecule has 0 spiro atoms. The SMILES string of the molecule is CS(=O)(=O)c1ccc(-c2cc(C(F)F)nn2-c2ccc(F)cc2)cc1. The Morgan fingerprint density at radius 1 is 1.00 bits per heavy atom. The Kier molecular flexibility index (Phi) is 4.38. The van der Waals surface area contributed by atoms with E-state index in [-0.39, 0.29) is 4.90 Å². The van der Waals surface area contributed by atoms with Crippen molar-refractivity contribution in [2.45, 2.75) is 11.3 Å². The summed E-state index contributed by atoms with van der Waals surface area (Å²) in [6.45, 7) is 0. The van der Waals surface area contributed by atoms with Gasteiger partial charge in [-0.2, -0.15) is 5.10 Å². The highest BCUT2D eigenvalue weighted by atomic mass is 32.2. The molecule has 1 heterocycles. The van der Waals surface area contributed by atoms with E-state index in [9.17, 15) is 21.6 Å². The van der Waals surface area contributed by atoms with Crippen molar-refractivity contribution in [3.63, 3.8) is 0 Å². The van der Waals surface area contributed by atoms with Crippen LogP contribution in [0.2, 0.25) is 0 Å². The van der Waals surface area contributed by atoms with E-state index in [1.54, 1.807) is 0 Å². The minimum absolute atomic E-state index is 0.123. The van der Waals surface area contributed by atoms with Gasteiger partial charge in [0.2, 0.25) is 0 Å². The Bertz CT molecular complexity index is 995. The average Bonchev–Trinajstić information content (AvgIpc) is 3.00. The Balaban J connectivity index is 2.13. The first-order valence-electron chi connectivity index (χ1n) is 7.20. The summed E-state index contributed by atoms with van der Waals surface area (Å²) in [5.41, 5.74) is 0.847. The van der Waals surface area contributed by atoms with Crippen molar-refractivity contribution in [2.75, 3.05) is 6.26 Å². The predicted molar refractivity (Wildman–Crippen MR) is 87.0 cm³/mol. The molecular formula is C17H13F3N2O2S. The summed E-state index contributed by atoms with van der Waals surface area (Å²) in [6.07, 6.45) is -1.68. The van der Waals surface area contributed by atoms with Gasteiger partial charge in [-0.3, -0.25) is 0 Å². The molecule has 0 saturated heterocycles. The lowest BCUT2D eigenvalue weighted by Gasteiger charge is -2.08. The van der Waals surface area contributed by atoms with Crippen LogP contribution in [0.15, 0.2) is 59.5 Å². The van der Waals surface area contributed by atoms with Crippen LogP contribution in [0.25, 0.3) is 16.9 Å². The van der Waals surface area contributed by atoms with Crippen LogP contribution in [0.4, 0.5) is 13.2 Å². The number of nitrogens with zero attached hydrogens (tertiary/aromatic N) is 2. The summed E-state index contributed by atoms with van der Waals surface area (Å²) >= 11 is 0. The zero-order valence-electron chi connectivity index (χ0n) is 13.0. The van der Waals surface area contributed by atoms with Crippen LogP contribution in [0, 0.1) is 5.82 Å². The molecule has 130 valence electrons. The topological polar surface area (TPSA) is 52.0 Å². The first-order chi connectivity index (χ1) is 11.8. The van der Waals surface area contributed by atoms with Crippen molar-refractivity contribution in [3.8, 4) is 16.9 Å². The lowest BCUT2D eigenvalue weighted by Crippen LogP contribution is -2.01. The minimum Gasteiger partial charge on any atom is -0.233 e. The van der Waals surface area contributed by atoms with Crippen LogP contribution in [-0.2, 0) is 9.84 Å². The van der Waals surface area contributed by atoms with Crippen LogP contribution < -0.4 is 0 Å². The number of halogens is 3. The highest BCUT2D eigenvalue weighted by Crippen LogP contribution is 2.29. The van der Waals surface area contributed by atoms with Crippen molar-refractivity contribution in [3.05, 3.63) is 66.1 Å². The van der Waals surface area contributed by atoms with Gasteiger partial charge in [0, 0.05) is 11.8 Å². The van der Waals surface area contributed by atoms with Gasteiger partial charge in [0.05, 0.1) is 16.3 Å². The lowest BCUT2D eigenvalue weighted by molar-refractivity contribution is 0.145. The van der Waals surface area contributed by atoms with Crippen LogP contribution in [0.5, 0.6) is 0 Å². The molecule has 0 aliphatic rings. The highest BCUT2D eigenvalue weighted by molar-refractivity contribution is 7.90. The Morgan fingerprint density at radius 2 is 1.60 bits per heavy atom. The van der Waals surface area contributed by atoms with Crippen LogP contribution >= 0.6 is 0 Å². The van der Waals surface area contributed by atoms with Gasteiger partial charge in [-0.1, -0.05) is 12.1 Å². The molecule has 2 aromatic carbocycles. The summed E-state index contributed by atoms with van der Waals surface area (Å²) in [6, 6.07) is 12.3. The Labute approximate surface area is 142 Å². The number of benzene rings is 2. The molecule has 1 aromatic heterocycles. The molecule has 0 atom stereocenters. The fourth-order valence-electron chi connectivity index (χ4n) is 2.36. The second kappa shape index (κ2) is 6.36. The standard InChI is InChI=1S/C17H13F3N2O2S/c1-25(23,24)14-8-2-11(3-9-14)16-10-15(17(19)20)21-22(16)13-6-4-12(18)5-7-13/h2-10,17H,1H3. The van der Waals surface area contributed by atoms with Crippen molar-refractivity contribution < 1.29 is 21.6 Å². The van der Waals surface area contributed by atoms with E-state index in [2.05, 4.69) is 5.10 Å². The first kappa shape index (κ1) is 17.2. The predicted octanol–water partition coefficient (Wildman–Crippen LogP) is 4.02.